The van der Waals surface area contributed by atoms with E-state index in [4.69, 9.17) is 4.74 Å². The summed E-state index contributed by atoms with van der Waals surface area (Å²) >= 11 is 0. The molecular weight excluding hydrogens is 343 g/mol. The van der Waals surface area contributed by atoms with Crippen LogP contribution in [0.3, 0.4) is 0 Å². The van der Waals surface area contributed by atoms with Gasteiger partial charge in [-0.05, 0) is 62.9 Å². The normalized spacial score (nSPS) is 24.0. The second-order valence-corrected chi connectivity index (χ2v) is 8.25. The summed E-state index contributed by atoms with van der Waals surface area (Å²) in [5.74, 6) is 1.63. The fourth-order valence-corrected chi connectivity index (χ4v) is 4.74. The van der Waals surface area contributed by atoms with Crippen molar-refractivity contribution in [2.24, 2.45) is 5.41 Å². The Morgan fingerprint density at radius 2 is 2.00 bits per heavy atom. The molecule has 0 radical (unpaired) electrons. The maximum Gasteiger partial charge on any atom is 0.127 e. The van der Waals surface area contributed by atoms with Crippen molar-refractivity contribution in [2.45, 2.75) is 39.3 Å². The first-order valence-corrected chi connectivity index (χ1v) is 9.83. The molecule has 2 aromatic rings. The highest BCUT2D eigenvalue weighted by Crippen LogP contribution is 2.39. The predicted molar refractivity (Wildman–Crippen MR) is 103 cm³/mol. The summed E-state index contributed by atoms with van der Waals surface area (Å²) in [6.45, 7) is 7.87. The highest BCUT2D eigenvalue weighted by Gasteiger charge is 2.41. The smallest absolute Gasteiger partial charge is 0.127 e. The van der Waals surface area contributed by atoms with E-state index in [2.05, 4.69) is 19.8 Å². The summed E-state index contributed by atoms with van der Waals surface area (Å²) in [6.07, 6.45) is 5.55. The monoisotopic (exact) mass is 372 g/mol. The van der Waals surface area contributed by atoms with Gasteiger partial charge in [0.25, 0.3) is 0 Å². The van der Waals surface area contributed by atoms with Crippen molar-refractivity contribution in [3.8, 4) is 5.75 Å². The molecule has 27 heavy (non-hydrogen) atoms. The summed E-state index contributed by atoms with van der Waals surface area (Å²) in [6, 6.07) is 5.02. The van der Waals surface area contributed by atoms with Crippen LogP contribution in [0.5, 0.6) is 5.75 Å². The summed E-state index contributed by atoms with van der Waals surface area (Å²) in [5, 5.41) is 0. The fraction of sp³-hybridized carbons (Fsp3) is 0.571. The number of halogens is 1. The topological polar surface area (TPSA) is 44.4 Å². The van der Waals surface area contributed by atoms with Crippen LogP contribution in [-0.4, -0.2) is 53.1 Å². The molecule has 146 valence electrons. The molecule has 6 heteroatoms. The predicted octanol–water partition coefficient (Wildman–Crippen LogP) is 3.35. The van der Waals surface area contributed by atoms with Gasteiger partial charge in [-0.15, -0.1) is 0 Å². The standard InChI is InChI=1S/C21H29FN4O/c1-16-11-23-20(24-16)13-26-9-7-21(15-26)6-3-8-25(14-21)12-17-10-18(27-2)4-5-19(17)22/h4-5,10-11H,3,6-9,12-15H2,1-2H3,(H,23,24)/t21-/m0/s1. The van der Waals surface area contributed by atoms with Gasteiger partial charge in [-0.25, -0.2) is 9.37 Å². The third kappa shape index (κ3) is 4.17. The Hall–Kier alpha value is -1.92. The Balaban J connectivity index is 1.39. The van der Waals surface area contributed by atoms with Gasteiger partial charge in [0.15, 0.2) is 0 Å². The molecule has 0 bridgehead atoms. The Morgan fingerprint density at radius 1 is 1.19 bits per heavy atom. The van der Waals surface area contributed by atoms with Gasteiger partial charge in [0, 0.05) is 37.1 Å². The van der Waals surface area contributed by atoms with Crippen LogP contribution in [0.1, 0.15) is 36.3 Å². The summed E-state index contributed by atoms with van der Waals surface area (Å²) in [5.41, 5.74) is 2.17. The molecule has 0 unspecified atom stereocenters. The zero-order chi connectivity index (χ0) is 18.9. The Labute approximate surface area is 160 Å². The van der Waals surface area contributed by atoms with Crippen molar-refractivity contribution in [1.82, 2.24) is 19.8 Å². The number of nitrogens with one attached hydrogen (secondary N) is 1. The highest BCUT2D eigenvalue weighted by atomic mass is 19.1. The van der Waals surface area contributed by atoms with Crippen LogP contribution in [-0.2, 0) is 13.1 Å². The number of benzene rings is 1. The van der Waals surface area contributed by atoms with Gasteiger partial charge in [0.2, 0.25) is 0 Å². The van der Waals surface area contributed by atoms with Crippen molar-refractivity contribution in [3.63, 3.8) is 0 Å². The first-order valence-electron chi connectivity index (χ1n) is 9.83. The third-order valence-electron chi connectivity index (χ3n) is 6.03. The second kappa shape index (κ2) is 7.60. The molecule has 1 aromatic heterocycles. The third-order valence-corrected chi connectivity index (χ3v) is 6.03. The van der Waals surface area contributed by atoms with E-state index in [0.29, 0.717) is 12.0 Å². The molecule has 4 rings (SSSR count). The summed E-state index contributed by atoms with van der Waals surface area (Å²) in [4.78, 5) is 12.7. The van der Waals surface area contributed by atoms with Crippen molar-refractivity contribution in [3.05, 3.63) is 47.3 Å². The zero-order valence-corrected chi connectivity index (χ0v) is 16.3. The minimum atomic E-state index is -0.142. The van der Waals surface area contributed by atoms with Crippen molar-refractivity contribution >= 4 is 0 Å². The Bertz CT molecular complexity index is 792. The number of aromatic amines is 1. The average molecular weight is 372 g/mol. The molecule has 3 heterocycles. The number of methoxy groups -OCH3 is 1. The van der Waals surface area contributed by atoms with Gasteiger partial charge < -0.3 is 9.72 Å². The lowest BCUT2D eigenvalue weighted by molar-refractivity contribution is 0.0855. The van der Waals surface area contributed by atoms with Crippen LogP contribution in [0.15, 0.2) is 24.4 Å². The van der Waals surface area contributed by atoms with Crippen LogP contribution in [0.4, 0.5) is 4.39 Å². The van der Waals surface area contributed by atoms with Crippen LogP contribution in [0.2, 0.25) is 0 Å². The van der Waals surface area contributed by atoms with Gasteiger partial charge in [-0.1, -0.05) is 0 Å². The molecule has 0 aliphatic carbocycles. The van der Waals surface area contributed by atoms with E-state index in [0.717, 1.165) is 55.6 Å². The Morgan fingerprint density at radius 3 is 2.74 bits per heavy atom. The van der Waals surface area contributed by atoms with E-state index >= 15 is 0 Å². The van der Waals surface area contributed by atoms with Gasteiger partial charge in [-0.3, -0.25) is 9.80 Å². The largest absolute Gasteiger partial charge is 0.497 e. The van der Waals surface area contributed by atoms with Crippen LogP contribution in [0.25, 0.3) is 0 Å². The van der Waals surface area contributed by atoms with Crippen LogP contribution in [0, 0.1) is 18.2 Å². The molecule has 5 nitrogen and oxygen atoms in total. The summed E-state index contributed by atoms with van der Waals surface area (Å²) in [7, 11) is 1.63. The van der Waals surface area contributed by atoms with E-state index in [-0.39, 0.29) is 5.82 Å². The number of aromatic nitrogens is 2. The van der Waals surface area contributed by atoms with E-state index < -0.39 is 0 Å². The molecule has 2 saturated heterocycles. The van der Waals surface area contributed by atoms with E-state index in [1.807, 2.05) is 19.2 Å². The molecule has 0 amide bonds. The molecule has 2 fully saturated rings. The second-order valence-electron chi connectivity index (χ2n) is 8.25. The van der Waals surface area contributed by atoms with Gasteiger partial charge in [0.1, 0.15) is 17.4 Å². The van der Waals surface area contributed by atoms with Gasteiger partial charge in [-0.2, -0.15) is 0 Å². The first kappa shape index (κ1) is 18.4. The maximum atomic E-state index is 14.2. The first-order chi connectivity index (χ1) is 13.0. The molecule has 0 saturated carbocycles. The lowest BCUT2D eigenvalue weighted by Gasteiger charge is -2.40. The summed E-state index contributed by atoms with van der Waals surface area (Å²) < 4.78 is 19.5. The number of piperidine rings is 1. The van der Waals surface area contributed by atoms with Crippen molar-refractivity contribution < 1.29 is 9.13 Å². The molecule has 1 spiro atoms. The average Bonchev–Trinajstić information content (AvgIpc) is 3.23. The molecule has 1 aromatic carbocycles. The minimum Gasteiger partial charge on any atom is -0.497 e. The highest BCUT2D eigenvalue weighted by molar-refractivity contribution is 5.29. The zero-order valence-electron chi connectivity index (χ0n) is 16.3. The minimum absolute atomic E-state index is 0.142. The number of hydrogen-bond donors (Lipinski definition) is 1. The molecule has 2 aliphatic heterocycles. The molecule has 1 atom stereocenters. The van der Waals surface area contributed by atoms with Crippen LogP contribution < -0.4 is 4.74 Å². The fourth-order valence-electron chi connectivity index (χ4n) is 4.74. The van der Waals surface area contributed by atoms with Gasteiger partial charge in [0.05, 0.1) is 13.7 Å². The van der Waals surface area contributed by atoms with E-state index in [9.17, 15) is 4.39 Å². The number of aryl methyl sites for hydroxylation is 1. The molecule has 2 aliphatic rings. The van der Waals surface area contributed by atoms with Crippen LogP contribution >= 0.6 is 0 Å². The lowest BCUT2D eigenvalue weighted by Crippen LogP contribution is -2.44. The molecule has 1 N–H and O–H groups in total. The number of likely N-dealkylation sites (tertiary alicyclic amines) is 2. The van der Waals surface area contributed by atoms with E-state index in [1.54, 1.807) is 13.2 Å². The number of nitrogens with zero attached hydrogens (tertiary/aromatic N) is 3. The van der Waals surface area contributed by atoms with Crippen molar-refractivity contribution in [2.75, 3.05) is 33.3 Å². The quantitative estimate of drug-likeness (QED) is 0.874. The van der Waals surface area contributed by atoms with Crippen molar-refractivity contribution in [1.29, 1.82) is 0 Å². The maximum absolute atomic E-state index is 14.2. The van der Waals surface area contributed by atoms with E-state index in [1.165, 1.54) is 25.3 Å². The van der Waals surface area contributed by atoms with Gasteiger partial charge >= 0.3 is 0 Å². The SMILES string of the molecule is COc1ccc(F)c(CN2CCC[C@]3(CCN(Cc4ncc(C)[nH]4)C3)C2)c1. The number of rotatable bonds is 5. The lowest BCUT2D eigenvalue weighted by atomic mass is 9.79. The molecular formula is C21H29FN4O. The number of hydrogen-bond acceptors (Lipinski definition) is 4. The number of H-pyrrole nitrogens is 1. The number of ether oxygens (including phenoxy) is 1. The number of imidazole rings is 1. The Kier molecular flexibility index (Phi) is 5.19.